The van der Waals surface area contributed by atoms with Crippen molar-refractivity contribution in [3.63, 3.8) is 0 Å². The van der Waals surface area contributed by atoms with Crippen molar-refractivity contribution in [2.75, 3.05) is 6.54 Å². The van der Waals surface area contributed by atoms with Crippen molar-refractivity contribution in [1.82, 2.24) is 5.32 Å². The summed E-state index contributed by atoms with van der Waals surface area (Å²) in [6.45, 7) is 2.07. The summed E-state index contributed by atoms with van der Waals surface area (Å²) in [4.78, 5) is 24.0. The van der Waals surface area contributed by atoms with E-state index in [0.29, 0.717) is 28.2 Å². The van der Waals surface area contributed by atoms with Crippen molar-refractivity contribution in [2.45, 2.75) is 76.2 Å². The van der Waals surface area contributed by atoms with Crippen LogP contribution in [0.4, 0.5) is 13.2 Å². The first kappa shape index (κ1) is 29.6. The van der Waals surface area contributed by atoms with Crippen LogP contribution >= 0.6 is 11.3 Å². The Labute approximate surface area is 225 Å². The highest BCUT2D eigenvalue weighted by molar-refractivity contribution is 7.14. The van der Waals surface area contributed by atoms with E-state index >= 15 is 0 Å². The van der Waals surface area contributed by atoms with Gasteiger partial charge in [-0.2, -0.15) is 13.2 Å². The summed E-state index contributed by atoms with van der Waals surface area (Å²) < 4.78 is 49.5. The normalized spacial score (nSPS) is 18.2. The summed E-state index contributed by atoms with van der Waals surface area (Å²) in [6.07, 6.45) is 3.20. The lowest BCUT2D eigenvalue weighted by Crippen LogP contribution is -2.47. The van der Waals surface area contributed by atoms with E-state index in [4.69, 9.17) is 9.84 Å². The number of ether oxygens (including phenoxy) is 1. The molecule has 1 heterocycles. The van der Waals surface area contributed by atoms with Crippen LogP contribution in [0.2, 0.25) is 0 Å². The number of hydrogen-bond donors (Lipinski definition) is 2. The average Bonchev–Trinajstić information content (AvgIpc) is 3.38. The molecular weight excluding hydrogens is 515 g/mol. The molecular formula is C29H34F3NO4S. The Hall–Kier alpha value is -2.91. The minimum atomic E-state index is -4.64. The summed E-state index contributed by atoms with van der Waals surface area (Å²) in [7, 11) is 0. The number of carbonyl (C=O) groups is 2. The first-order valence-corrected chi connectivity index (χ1v) is 13.8. The van der Waals surface area contributed by atoms with Gasteiger partial charge in [0.2, 0.25) is 0 Å². The number of unbranched alkanes of at least 4 members (excludes halogenated alkanes) is 4. The van der Waals surface area contributed by atoms with Gasteiger partial charge in [-0.05, 0) is 35.8 Å². The summed E-state index contributed by atoms with van der Waals surface area (Å²) in [5.74, 6) is -1.49. The van der Waals surface area contributed by atoms with Crippen molar-refractivity contribution in [2.24, 2.45) is 0 Å². The molecule has 2 unspecified atom stereocenters. The third-order valence-electron chi connectivity index (χ3n) is 6.46. The topological polar surface area (TPSA) is 75.6 Å². The molecule has 5 nitrogen and oxygen atoms in total. The van der Waals surface area contributed by atoms with Gasteiger partial charge < -0.3 is 15.2 Å². The lowest BCUT2D eigenvalue weighted by molar-refractivity contribution is -0.271. The minimum absolute atomic E-state index is 0.0309. The molecule has 0 saturated carbocycles. The maximum atomic E-state index is 14.5. The molecule has 0 spiro atoms. The van der Waals surface area contributed by atoms with Gasteiger partial charge in [0.1, 0.15) is 0 Å². The average molecular weight is 550 g/mol. The van der Waals surface area contributed by atoms with Crippen LogP contribution in [0.1, 0.15) is 84.5 Å². The van der Waals surface area contributed by atoms with Crippen molar-refractivity contribution < 1.29 is 32.6 Å². The Balaban J connectivity index is 1.81. The first-order chi connectivity index (χ1) is 18.1. The number of carboxylic acid groups (broad SMARTS) is 1. The van der Waals surface area contributed by atoms with E-state index in [9.17, 15) is 22.8 Å². The van der Waals surface area contributed by atoms with Crippen LogP contribution < -0.4 is 5.32 Å². The van der Waals surface area contributed by atoms with Gasteiger partial charge in [-0.3, -0.25) is 9.59 Å². The third kappa shape index (κ3) is 8.04. The molecule has 0 saturated heterocycles. The highest BCUT2D eigenvalue weighted by Gasteiger charge is 2.55. The number of carboxylic acids is 1. The Morgan fingerprint density at radius 3 is 2.47 bits per heavy atom. The number of benzene rings is 1. The van der Waals surface area contributed by atoms with Crippen LogP contribution in [0.3, 0.4) is 0 Å². The summed E-state index contributed by atoms with van der Waals surface area (Å²) >= 11 is 1.08. The SMILES string of the molecule is CCCCCCCC(OC1(C(F)(F)F)C=CC(c2ccccc2)=CC1)c1ccc(C(=O)NCCC(=O)O)s1. The van der Waals surface area contributed by atoms with Crippen LogP contribution in [0.15, 0.2) is 60.7 Å². The van der Waals surface area contributed by atoms with Gasteiger partial charge in [-0.25, -0.2) is 0 Å². The number of nitrogens with one attached hydrogen (secondary N) is 1. The number of hydrogen-bond acceptors (Lipinski definition) is 4. The van der Waals surface area contributed by atoms with Crippen molar-refractivity contribution in [1.29, 1.82) is 0 Å². The fourth-order valence-corrected chi connectivity index (χ4v) is 5.28. The molecule has 0 bridgehead atoms. The molecule has 0 radical (unpaired) electrons. The second-order valence-corrected chi connectivity index (χ2v) is 10.5. The molecule has 38 heavy (non-hydrogen) atoms. The Kier molecular flexibility index (Phi) is 10.7. The number of thiophene rings is 1. The molecule has 1 amide bonds. The number of carbonyl (C=O) groups excluding carboxylic acids is 1. The Morgan fingerprint density at radius 1 is 1.11 bits per heavy atom. The zero-order chi connectivity index (χ0) is 27.6. The number of alkyl halides is 3. The van der Waals surface area contributed by atoms with Gasteiger partial charge >= 0.3 is 12.1 Å². The zero-order valence-electron chi connectivity index (χ0n) is 21.4. The smallest absolute Gasteiger partial charge is 0.421 e. The van der Waals surface area contributed by atoms with E-state index in [1.165, 1.54) is 6.08 Å². The lowest BCUT2D eigenvalue weighted by atomic mass is 9.88. The summed E-state index contributed by atoms with van der Waals surface area (Å²) in [5.41, 5.74) is -0.932. The van der Waals surface area contributed by atoms with E-state index in [0.717, 1.165) is 48.7 Å². The Bertz CT molecular complexity index is 1130. The number of amides is 1. The molecule has 0 fully saturated rings. The Morgan fingerprint density at radius 2 is 1.84 bits per heavy atom. The van der Waals surface area contributed by atoms with Gasteiger partial charge in [-0.15, -0.1) is 11.3 Å². The number of allylic oxidation sites excluding steroid dienone is 2. The largest absolute Gasteiger partial charge is 0.481 e. The number of halogens is 3. The molecule has 1 aromatic heterocycles. The van der Waals surface area contributed by atoms with Gasteiger partial charge in [0.05, 0.1) is 17.4 Å². The zero-order valence-corrected chi connectivity index (χ0v) is 22.2. The predicted molar refractivity (Wildman–Crippen MR) is 143 cm³/mol. The van der Waals surface area contributed by atoms with Gasteiger partial charge in [-0.1, -0.05) is 81.5 Å². The maximum Gasteiger partial charge on any atom is 0.421 e. The van der Waals surface area contributed by atoms with E-state index in [-0.39, 0.29) is 19.4 Å². The quantitative estimate of drug-likeness (QED) is 0.237. The predicted octanol–water partition coefficient (Wildman–Crippen LogP) is 7.72. The van der Waals surface area contributed by atoms with E-state index in [1.807, 2.05) is 30.3 Å². The van der Waals surface area contributed by atoms with Crippen molar-refractivity contribution in [3.05, 3.63) is 76.0 Å². The van der Waals surface area contributed by atoms with Crippen molar-refractivity contribution >= 4 is 28.8 Å². The standard InChI is InChI=1S/C29H34F3NO4S/c1-2-3-4-5-9-12-23(24-13-14-25(38-24)27(36)33-20-17-26(34)35)37-28(29(30,31)32)18-15-22(16-19-28)21-10-7-6-8-11-21/h6-8,10-11,13-16,18,23H,2-5,9,12,17,19-20H2,1H3,(H,33,36)(H,34,35). The molecule has 9 heteroatoms. The van der Waals surface area contributed by atoms with Gasteiger partial charge in [0, 0.05) is 17.8 Å². The van der Waals surface area contributed by atoms with Gasteiger partial charge in [0.25, 0.3) is 5.91 Å². The van der Waals surface area contributed by atoms with Crippen LogP contribution in [-0.4, -0.2) is 35.3 Å². The molecule has 2 aromatic rings. The summed E-state index contributed by atoms with van der Waals surface area (Å²) in [5, 5.41) is 11.3. The minimum Gasteiger partial charge on any atom is -0.481 e. The molecule has 1 aliphatic carbocycles. The highest BCUT2D eigenvalue weighted by atomic mass is 32.1. The fraction of sp³-hybridized carbons (Fsp3) is 0.448. The second-order valence-electron chi connectivity index (χ2n) is 9.36. The van der Waals surface area contributed by atoms with Crippen LogP contribution in [0.5, 0.6) is 0 Å². The molecule has 2 N–H and O–H groups in total. The van der Waals surface area contributed by atoms with Crippen LogP contribution in [0.25, 0.3) is 5.57 Å². The van der Waals surface area contributed by atoms with E-state index in [2.05, 4.69) is 12.2 Å². The van der Waals surface area contributed by atoms with Gasteiger partial charge in [0.15, 0.2) is 5.60 Å². The van der Waals surface area contributed by atoms with Crippen molar-refractivity contribution in [3.8, 4) is 0 Å². The van der Waals surface area contributed by atoms with Crippen LogP contribution in [0, 0.1) is 0 Å². The summed E-state index contributed by atoms with van der Waals surface area (Å²) in [6, 6.07) is 12.4. The molecule has 3 rings (SSSR count). The van der Waals surface area contributed by atoms with Crippen LogP contribution in [-0.2, 0) is 9.53 Å². The highest BCUT2D eigenvalue weighted by Crippen LogP contribution is 2.46. The molecule has 1 aliphatic rings. The maximum absolute atomic E-state index is 14.5. The molecule has 2 atom stereocenters. The molecule has 0 aliphatic heterocycles. The second kappa shape index (κ2) is 13.8. The van der Waals surface area contributed by atoms with E-state index in [1.54, 1.807) is 18.2 Å². The number of aliphatic carboxylic acids is 1. The number of rotatable bonds is 14. The fourth-order valence-electron chi connectivity index (χ4n) is 4.30. The monoisotopic (exact) mass is 549 g/mol. The molecule has 206 valence electrons. The molecule has 1 aromatic carbocycles. The lowest BCUT2D eigenvalue weighted by Gasteiger charge is -2.37. The van der Waals surface area contributed by atoms with E-state index < -0.39 is 29.8 Å². The first-order valence-electron chi connectivity index (χ1n) is 12.9. The third-order valence-corrected chi connectivity index (χ3v) is 7.64.